The average Bonchev–Trinajstić information content (AvgIpc) is 2.93. The first kappa shape index (κ1) is 31.7. The summed E-state index contributed by atoms with van der Waals surface area (Å²) in [4.78, 5) is 26.4. The van der Waals surface area contributed by atoms with E-state index in [2.05, 4.69) is 37.9 Å². The third kappa shape index (κ3) is 8.82. The average molecular weight is 551 g/mol. The minimum Gasteiger partial charge on any atom is -0.496 e. The Labute approximate surface area is 241 Å². The van der Waals surface area contributed by atoms with Gasteiger partial charge in [0.05, 0.1) is 7.11 Å². The number of amides is 1. The molecule has 1 heterocycles. The van der Waals surface area contributed by atoms with Crippen LogP contribution < -0.4 is 14.8 Å². The largest absolute Gasteiger partial charge is 0.496 e. The minimum absolute atomic E-state index is 0.118. The van der Waals surface area contributed by atoms with Crippen molar-refractivity contribution in [3.63, 3.8) is 0 Å². The SMILES string of the molecule is CCC1CCC(C(=O)Nc2ccc(C)c(OC)c2)CC1.CCc1c(C)cc(OCCN2CC(C)C2)cc1C(C)=O. The predicted octanol–water partition coefficient (Wildman–Crippen LogP) is 7.25. The van der Waals surface area contributed by atoms with Crippen molar-refractivity contribution in [3.8, 4) is 11.5 Å². The fraction of sp³-hybridized carbons (Fsp3) is 0.588. The maximum Gasteiger partial charge on any atom is 0.227 e. The molecule has 1 saturated heterocycles. The van der Waals surface area contributed by atoms with E-state index in [-0.39, 0.29) is 17.6 Å². The van der Waals surface area contributed by atoms with Gasteiger partial charge in [-0.05, 0) is 99.6 Å². The van der Waals surface area contributed by atoms with E-state index in [1.165, 1.54) is 32.4 Å². The number of benzene rings is 2. The number of carbonyl (C=O) groups excluding carboxylic acids is 2. The van der Waals surface area contributed by atoms with Gasteiger partial charge >= 0.3 is 0 Å². The normalized spacial score (nSPS) is 19.2. The summed E-state index contributed by atoms with van der Waals surface area (Å²) in [6.07, 6.45) is 6.54. The second kappa shape index (κ2) is 15.2. The van der Waals surface area contributed by atoms with Crippen molar-refractivity contribution in [2.24, 2.45) is 17.8 Å². The fourth-order valence-electron chi connectivity index (χ4n) is 5.93. The Hall–Kier alpha value is -2.86. The van der Waals surface area contributed by atoms with Gasteiger partial charge in [0, 0.05) is 42.9 Å². The van der Waals surface area contributed by atoms with Gasteiger partial charge in [0.2, 0.25) is 5.91 Å². The van der Waals surface area contributed by atoms with E-state index in [1.807, 2.05) is 37.3 Å². The third-order valence-electron chi connectivity index (χ3n) is 8.47. The summed E-state index contributed by atoms with van der Waals surface area (Å²) in [7, 11) is 1.65. The number of ketones is 1. The van der Waals surface area contributed by atoms with Crippen molar-refractivity contribution in [2.75, 3.05) is 38.7 Å². The number of nitrogens with zero attached hydrogens (tertiary/aromatic N) is 1. The quantitative estimate of drug-likeness (QED) is 0.316. The Balaban J connectivity index is 0.000000220. The minimum atomic E-state index is 0.118. The highest BCUT2D eigenvalue weighted by atomic mass is 16.5. The summed E-state index contributed by atoms with van der Waals surface area (Å²) in [6, 6.07) is 9.75. The molecular formula is C34H50N2O4. The van der Waals surface area contributed by atoms with Crippen LogP contribution in [-0.2, 0) is 11.2 Å². The van der Waals surface area contributed by atoms with Crippen molar-refractivity contribution in [2.45, 2.75) is 80.1 Å². The Morgan fingerprint density at radius 3 is 2.27 bits per heavy atom. The molecule has 1 N–H and O–H groups in total. The van der Waals surface area contributed by atoms with Crippen molar-refractivity contribution < 1.29 is 19.1 Å². The molecule has 6 heteroatoms. The van der Waals surface area contributed by atoms with Crippen LogP contribution in [0.2, 0.25) is 0 Å². The molecule has 0 aromatic heterocycles. The lowest BCUT2D eigenvalue weighted by molar-refractivity contribution is -0.121. The van der Waals surface area contributed by atoms with Gasteiger partial charge in [0.15, 0.2) is 5.78 Å². The molecule has 4 rings (SSSR count). The summed E-state index contributed by atoms with van der Waals surface area (Å²) in [5.74, 6) is 3.72. The summed E-state index contributed by atoms with van der Waals surface area (Å²) in [5.41, 5.74) is 5.00. The fourth-order valence-corrected chi connectivity index (χ4v) is 5.93. The van der Waals surface area contributed by atoms with Crippen molar-refractivity contribution in [1.29, 1.82) is 0 Å². The zero-order valence-corrected chi connectivity index (χ0v) is 25.8. The maximum absolute atomic E-state index is 12.3. The Morgan fingerprint density at radius 2 is 1.70 bits per heavy atom. The molecule has 0 unspecified atom stereocenters. The highest BCUT2D eigenvalue weighted by Crippen LogP contribution is 2.32. The first-order valence-corrected chi connectivity index (χ1v) is 15.1. The lowest BCUT2D eigenvalue weighted by Gasteiger charge is -2.36. The van der Waals surface area contributed by atoms with E-state index in [4.69, 9.17) is 9.47 Å². The monoisotopic (exact) mass is 550 g/mol. The van der Waals surface area contributed by atoms with E-state index in [0.29, 0.717) is 6.61 Å². The third-order valence-corrected chi connectivity index (χ3v) is 8.47. The first-order chi connectivity index (χ1) is 19.1. The van der Waals surface area contributed by atoms with Gasteiger partial charge in [0.1, 0.15) is 18.1 Å². The van der Waals surface area contributed by atoms with Gasteiger partial charge in [-0.25, -0.2) is 0 Å². The van der Waals surface area contributed by atoms with Crippen LogP contribution in [-0.4, -0.2) is 49.9 Å². The number of hydrogen-bond donors (Lipinski definition) is 1. The number of likely N-dealkylation sites (tertiary alicyclic amines) is 1. The molecule has 220 valence electrons. The number of methoxy groups -OCH3 is 1. The smallest absolute Gasteiger partial charge is 0.227 e. The molecule has 1 saturated carbocycles. The molecule has 1 amide bonds. The molecule has 1 aliphatic carbocycles. The van der Waals surface area contributed by atoms with Gasteiger partial charge < -0.3 is 14.8 Å². The van der Waals surface area contributed by atoms with Gasteiger partial charge in [-0.15, -0.1) is 0 Å². The highest BCUT2D eigenvalue weighted by Gasteiger charge is 2.25. The van der Waals surface area contributed by atoms with Crippen molar-refractivity contribution in [3.05, 3.63) is 52.6 Å². The standard InChI is InChI=1S/2C17H25NO2/c1-5-16-13(3)8-15(9-17(16)14(4)19)20-7-6-18-10-12(2)11-18;1-4-13-6-8-14(9-7-13)17(19)18-15-10-5-12(2)16(11-15)20-3/h8-9,12H,5-7,10-11H2,1-4H3;5,10-11,13-14H,4,6-9H2,1-3H3,(H,18,19). The van der Waals surface area contributed by atoms with Crippen LogP contribution in [0.4, 0.5) is 5.69 Å². The van der Waals surface area contributed by atoms with E-state index < -0.39 is 0 Å². The van der Waals surface area contributed by atoms with Gasteiger partial charge in [0.25, 0.3) is 0 Å². The van der Waals surface area contributed by atoms with E-state index in [9.17, 15) is 9.59 Å². The summed E-state index contributed by atoms with van der Waals surface area (Å²) in [6.45, 7) is 16.3. The number of carbonyl (C=O) groups is 2. The molecule has 0 atom stereocenters. The number of Topliss-reactive ketones (excluding diaryl/α,β-unsaturated/α-hetero) is 1. The number of ether oxygens (including phenoxy) is 2. The topological polar surface area (TPSA) is 67.9 Å². The summed E-state index contributed by atoms with van der Waals surface area (Å²) >= 11 is 0. The van der Waals surface area contributed by atoms with Crippen LogP contribution in [0.1, 0.15) is 86.8 Å². The zero-order chi connectivity index (χ0) is 29.2. The molecular weight excluding hydrogens is 500 g/mol. The Kier molecular flexibility index (Phi) is 12.1. The summed E-state index contributed by atoms with van der Waals surface area (Å²) < 4.78 is 11.1. The molecule has 2 aromatic carbocycles. The molecule has 2 aliphatic rings. The van der Waals surface area contributed by atoms with Crippen LogP contribution in [0.25, 0.3) is 0 Å². The number of nitrogens with one attached hydrogen (secondary N) is 1. The van der Waals surface area contributed by atoms with E-state index in [0.717, 1.165) is 77.1 Å². The zero-order valence-electron chi connectivity index (χ0n) is 25.8. The predicted molar refractivity (Wildman–Crippen MR) is 164 cm³/mol. The highest BCUT2D eigenvalue weighted by molar-refractivity contribution is 5.96. The number of anilines is 1. The Bertz CT molecular complexity index is 1130. The van der Waals surface area contributed by atoms with Crippen molar-refractivity contribution in [1.82, 2.24) is 4.90 Å². The maximum atomic E-state index is 12.3. The molecule has 6 nitrogen and oxygen atoms in total. The van der Waals surface area contributed by atoms with Crippen LogP contribution in [0, 0.1) is 31.6 Å². The second-order valence-electron chi connectivity index (χ2n) is 11.7. The summed E-state index contributed by atoms with van der Waals surface area (Å²) in [5, 5.41) is 3.03. The van der Waals surface area contributed by atoms with E-state index in [1.54, 1.807) is 14.0 Å². The van der Waals surface area contributed by atoms with Crippen LogP contribution in [0.15, 0.2) is 30.3 Å². The molecule has 0 spiro atoms. The lowest BCUT2D eigenvalue weighted by Crippen LogP contribution is -2.46. The van der Waals surface area contributed by atoms with Gasteiger partial charge in [-0.2, -0.15) is 0 Å². The number of rotatable bonds is 10. The van der Waals surface area contributed by atoms with Crippen LogP contribution >= 0.6 is 0 Å². The molecule has 1 aliphatic heterocycles. The second-order valence-corrected chi connectivity index (χ2v) is 11.7. The van der Waals surface area contributed by atoms with Crippen LogP contribution in [0.3, 0.4) is 0 Å². The molecule has 40 heavy (non-hydrogen) atoms. The molecule has 0 radical (unpaired) electrons. The van der Waals surface area contributed by atoms with Gasteiger partial charge in [-0.1, -0.05) is 33.3 Å². The van der Waals surface area contributed by atoms with E-state index >= 15 is 0 Å². The number of hydrogen-bond acceptors (Lipinski definition) is 5. The lowest BCUT2D eigenvalue weighted by atomic mass is 9.80. The van der Waals surface area contributed by atoms with Crippen molar-refractivity contribution >= 4 is 17.4 Å². The molecule has 0 bridgehead atoms. The molecule has 2 aromatic rings. The number of aryl methyl sites for hydroxylation is 2. The molecule has 2 fully saturated rings. The van der Waals surface area contributed by atoms with Crippen LogP contribution in [0.5, 0.6) is 11.5 Å². The first-order valence-electron chi connectivity index (χ1n) is 15.1. The Morgan fingerprint density at radius 1 is 1.00 bits per heavy atom. The van der Waals surface area contributed by atoms with Gasteiger partial charge in [-0.3, -0.25) is 14.5 Å².